The van der Waals surface area contributed by atoms with Gasteiger partial charge in [0.2, 0.25) is 9.70 Å². The van der Waals surface area contributed by atoms with Crippen LogP contribution in [0.15, 0.2) is 28.7 Å². The number of benzene rings is 1. The lowest BCUT2D eigenvalue weighted by atomic mass is 10.0. The SMILES string of the molecule is CCCCCCCCCCCCCCCCCC(=O)N[C@H](NC(=S)Nc1cccc(Br)c1)C(Cl)(Cl)Cl. The zero-order chi connectivity index (χ0) is 26.7. The molecule has 0 fully saturated rings. The topological polar surface area (TPSA) is 53.2 Å². The van der Waals surface area contributed by atoms with Crippen molar-refractivity contribution in [3.63, 3.8) is 0 Å². The smallest absolute Gasteiger partial charge is 0.228 e. The standard InChI is InChI=1S/C27H43BrCl3N3OS/c1-2-3-4-5-6-7-8-9-10-11-12-13-14-15-16-20-24(35)33-25(27(29,30)31)34-26(36)32-23-19-17-18-22(28)21-23/h17-19,21,25H,2-16,20H2,1H3,(H,33,35)(H2,32,34,36)/t25-/m1/s1. The van der Waals surface area contributed by atoms with Crippen LogP contribution in [-0.4, -0.2) is 21.0 Å². The lowest BCUT2D eigenvalue weighted by molar-refractivity contribution is -0.122. The molecule has 0 aliphatic rings. The fourth-order valence-corrected chi connectivity index (χ4v) is 4.92. The molecule has 0 heterocycles. The van der Waals surface area contributed by atoms with Gasteiger partial charge in [-0.2, -0.15) is 0 Å². The average molecular weight is 644 g/mol. The summed E-state index contributed by atoms with van der Waals surface area (Å²) in [6.07, 6.45) is 18.7. The molecule has 4 nitrogen and oxygen atoms in total. The van der Waals surface area contributed by atoms with Gasteiger partial charge in [0.25, 0.3) is 0 Å². The lowest BCUT2D eigenvalue weighted by Crippen LogP contribution is -2.56. The lowest BCUT2D eigenvalue weighted by Gasteiger charge is -2.27. The predicted molar refractivity (Wildman–Crippen MR) is 165 cm³/mol. The van der Waals surface area contributed by atoms with Crippen molar-refractivity contribution in [2.45, 2.75) is 120 Å². The number of thiocarbonyl (C=S) groups is 1. The van der Waals surface area contributed by atoms with Gasteiger partial charge in [0.1, 0.15) is 6.17 Å². The molecule has 0 spiro atoms. The largest absolute Gasteiger partial charge is 0.339 e. The van der Waals surface area contributed by atoms with Crippen LogP contribution in [0.3, 0.4) is 0 Å². The van der Waals surface area contributed by atoms with Crippen molar-refractivity contribution in [2.24, 2.45) is 0 Å². The van der Waals surface area contributed by atoms with Crippen LogP contribution in [0.1, 0.15) is 110 Å². The van der Waals surface area contributed by atoms with E-state index < -0.39 is 9.96 Å². The van der Waals surface area contributed by atoms with E-state index in [0.29, 0.717) is 6.42 Å². The molecule has 1 amide bonds. The average Bonchev–Trinajstić information content (AvgIpc) is 2.80. The van der Waals surface area contributed by atoms with Gasteiger partial charge >= 0.3 is 0 Å². The first-order valence-corrected chi connectivity index (χ1v) is 15.7. The molecule has 0 aliphatic heterocycles. The summed E-state index contributed by atoms with van der Waals surface area (Å²) in [6.45, 7) is 2.27. The normalized spacial score (nSPS) is 12.2. The molecule has 1 atom stereocenters. The van der Waals surface area contributed by atoms with Crippen LogP contribution in [0.4, 0.5) is 5.69 Å². The van der Waals surface area contributed by atoms with Gasteiger partial charge in [0.05, 0.1) is 0 Å². The van der Waals surface area contributed by atoms with Gasteiger partial charge in [0.15, 0.2) is 5.11 Å². The first-order chi connectivity index (χ1) is 17.2. The molecule has 1 aromatic carbocycles. The predicted octanol–water partition coefficient (Wildman–Crippen LogP) is 9.81. The third-order valence-corrected chi connectivity index (χ3v) is 7.37. The molecular weight excluding hydrogens is 601 g/mol. The fraction of sp³-hybridized carbons (Fsp3) is 0.704. The Labute approximate surface area is 247 Å². The molecule has 0 aliphatic carbocycles. The van der Waals surface area contributed by atoms with Gasteiger partial charge in [0, 0.05) is 16.6 Å². The number of anilines is 1. The highest BCUT2D eigenvalue weighted by molar-refractivity contribution is 9.10. The summed E-state index contributed by atoms with van der Waals surface area (Å²) in [6, 6.07) is 7.51. The Morgan fingerprint density at radius 2 is 1.36 bits per heavy atom. The number of halogens is 4. The van der Waals surface area contributed by atoms with Crippen molar-refractivity contribution in [2.75, 3.05) is 5.32 Å². The summed E-state index contributed by atoms with van der Waals surface area (Å²) in [5.41, 5.74) is 0.772. The van der Waals surface area contributed by atoms with E-state index in [-0.39, 0.29) is 11.0 Å². The Hall–Kier alpha value is -0.270. The van der Waals surface area contributed by atoms with E-state index in [1.54, 1.807) is 0 Å². The molecule has 0 saturated carbocycles. The zero-order valence-electron chi connectivity index (χ0n) is 21.5. The highest BCUT2D eigenvalue weighted by Crippen LogP contribution is 2.29. The maximum absolute atomic E-state index is 12.4. The molecule has 0 unspecified atom stereocenters. The van der Waals surface area contributed by atoms with Crippen molar-refractivity contribution in [3.05, 3.63) is 28.7 Å². The third kappa shape index (κ3) is 18.1. The minimum Gasteiger partial charge on any atom is -0.339 e. The van der Waals surface area contributed by atoms with E-state index in [0.717, 1.165) is 29.4 Å². The van der Waals surface area contributed by atoms with Gasteiger partial charge in [-0.25, -0.2) is 0 Å². The maximum Gasteiger partial charge on any atom is 0.228 e. The van der Waals surface area contributed by atoms with Gasteiger partial charge in [-0.15, -0.1) is 0 Å². The molecule has 36 heavy (non-hydrogen) atoms. The highest BCUT2D eigenvalue weighted by Gasteiger charge is 2.34. The Morgan fingerprint density at radius 1 is 0.861 bits per heavy atom. The summed E-state index contributed by atoms with van der Waals surface area (Å²) >= 11 is 26.9. The monoisotopic (exact) mass is 641 g/mol. The Bertz CT molecular complexity index is 749. The number of carbonyl (C=O) groups is 1. The number of rotatable bonds is 19. The van der Waals surface area contributed by atoms with Crippen LogP contribution >= 0.6 is 63.0 Å². The Balaban J connectivity index is 2.12. The molecule has 9 heteroatoms. The van der Waals surface area contributed by atoms with E-state index in [1.165, 1.54) is 77.0 Å². The summed E-state index contributed by atoms with van der Waals surface area (Å²) in [5.74, 6) is -0.168. The second kappa shape index (κ2) is 20.7. The molecule has 1 rings (SSSR count). The van der Waals surface area contributed by atoms with E-state index in [9.17, 15) is 4.79 Å². The summed E-state index contributed by atoms with van der Waals surface area (Å²) in [4.78, 5) is 12.4. The Morgan fingerprint density at radius 3 is 1.83 bits per heavy atom. The number of unbranched alkanes of at least 4 members (excludes halogenated alkanes) is 14. The van der Waals surface area contributed by atoms with Crippen LogP contribution in [0, 0.1) is 0 Å². The van der Waals surface area contributed by atoms with Crippen LogP contribution in [-0.2, 0) is 4.79 Å². The number of amides is 1. The van der Waals surface area contributed by atoms with Crippen LogP contribution in [0.5, 0.6) is 0 Å². The molecule has 206 valence electrons. The summed E-state index contributed by atoms with van der Waals surface area (Å²) in [5, 5.41) is 8.91. The first kappa shape index (κ1) is 33.8. The number of nitrogens with one attached hydrogen (secondary N) is 3. The summed E-state index contributed by atoms with van der Waals surface area (Å²) in [7, 11) is 0. The quantitative estimate of drug-likeness (QED) is 0.0608. The van der Waals surface area contributed by atoms with E-state index in [4.69, 9.17) is 47.0 Å². The van der Waals surface area contributed by atoms with Gasteiger partial charge in [-0.3, -0.25) is 4.79 Å². The fourth-order valence-electron chi connectivity index (χ4n) is 3.95. The van der Waals surface area contributed by atoms with Crippen molar-refractivity contribution in [3.8, 4) is 0 Å². The van der Waals surface area contributed by atoms with E-state index >= 15 is 0 Å². The second-order valence-electron chi connectivity index (χ2n) is 9.35. The van der Waals surface area contributed by atoms with Crippen LogP contribution < -0.4 is 16.0 Å². The minimum absolute atomic E-state index is 0.168. The molecule has 0 radical (unpaired) electrons. The van der Waals surface area contributed by atoms with Gasteiger partial charge in [-0.1, -0.05) is 154 Å². The molecular formula is C27H43BrCl3N3OS. The molecule has 1 aromatic rings. The summed E-state index contributed by atoms with van der Waals surface area (Å²) < 4.78 is -0.849. The van der Waals surface area contributed by atoms with Crippen molar-refractivity contribution in [1.82, 2.24) is 10.6 Å². The second-order valence-corrected chi connectivity index (χ2v) is 13.0. The van der Waals surface area contributed by atoms with Crippen LogP contribution in [0.2, 0.25) is 0 Å². The zero-order valence-corrected chi connectivity index (χ0v) is 26.2. The van der Waals surface area contributed by atoms with E-state index in [1.807, 2.05) is 24.3 Å². The number of hydrogen-bond acceptors (Lipinski definition) is 2. The van der Waals surface area contributed by atoms with Gasteiger partial charge in [-0.05, 0) is 36.8 Å². The molecule has 0 saturated heterocycles. The molecule has 0 aromatic heterocycles. The number of carbonyl (C=O) groups excluding carboxylic acids is 1. The van der Waals surface area contributed by atoms with Crippen molar-refractivity contribution in [1.29, 1.82) is 0 Å². The number of alkyl halides is 3. The number of hydrogen-bond donors (Lipinski definition) is 3. The first-order valence-electron chi connectivity index (χ1n) is 13.4. The molecule has 3 N–H and O–H groups in total. The highest BCUT2D eigenvalue weighted by atomic mass is 79.9. The van der Waals surface area contributed by atoms with Crippen molar-refractivity contribution >= 4 is 79.7 Å². The van der Waals surface area contributed by atoms with E-state index in [2.05, 4.69) is 38.8 Å². The maximum atomic E-state index is 12.4. The van der Waals surface area contributed by atoms with Crippen LogP contribution in [0.25, 0.3) is 0 Å². The minimum atomic E-state index is -1.76. The van der Waals surface area contributed by atoms with Crippen molar-refractivity contribution < 1.29 is 4.79 Å². The third-order valence-electron chi connectivity index (χ3n) is 6.00. The Kier molecular flexibility index (Phi) is 19.4. The molecule has 0 bridgehead atoms. The van der Waals surface area contributed by atoms with Gasteiger partial charge < -0.3 is 16.0 Å².